The number of aromatic nitrogens is 2. The van der Waals surface area contributed by atoms with Crippen molar-refractivity contribution in [3.63, 3.8) is 0 Å². The molecule has 0 bridgehead atoms. The fourth-order valence-corrected chi connectivity index (χ4v) is 1.41. The van der Waals surface area contributed by atoms with E-state index in [1.807, 2.05) is 0 Å². The van der Waals surface area contributed by atoms with Gasteiger partial charge in [-0.15, -0.1) is 0 Å². The lowest BCUT2D eigenvalue weighted by Gasteiger charge is -2.12. The van der Waals surface area contributed by atoms with Crippen LogP contribution in [0.3, 0.4) is 0 Å². The Morgan fingerprint density at radius 1 is 1.41 bits per heavy atom. The first kappa shape index (κ1) is 11.7. The van der Waals surface area contributed by atoms with Crippen molar-refractivity contribution in [2.45, 2.75) is 18.8 Å². The molecule has 2 aromatic heterocycles. The SMILES string of the molecule is OC(c1ccn(Cc2ccno2)c1)C(F)(F)F. The molecule has 1 unspecified atom stereocenters. The monoisotopic (exact) mass is 246 g/mol. The highest BCUT2D eigenvalue weighted by atomic mass is 19.4. The van der Waals surface area contributed by atoms with Gasteiger partial charge in [0.2, 0.25) is 0 Å². The Morgan fingerprint density at radius 2 is 2.18 bits per heavy atom. The molecule has 0 spiro atoms. The van der Waals surface area contributed by atoms with E-state index in [2.05, 4.69) is 5.16 Å². The summed E-state index contributed by atoms with van der Waals surface area (Å²) in [6, 6.07) is 2.83. The van der Waals surface area contributed by atoms with Crippen molar-refractivity contribution in [1.29, 1.82) is 0 Å². The Balaban J connectivity index is 2.11. The van der Waals surface area contributed by atoms with Crippen LogP contribution < -0.4 is 0 Å². The van der Waals surface area contributed by atoms with Crippen LogP contribution in [-0.2, 0) is 6.54 Å². The zero-order chi connectivity index (χ0) is 12.5. The van der Waals surface area contributed by atoms with Crippen molar-refractivity contribution in [2.24, 2.45) is 0 Å². The van der Waals surface area contributed by atoms with E-state index in [1.165, 1.54) is 29.2 Å². The molecule has 0 aliphatic rings. The van der Waals surface area contributed by atoms with Gasteiger partial charge in [0.15, 0.2) is 11.9 Å². The maximum Gasteiger partial charge on any atom is 0.418 e. The van der Waals surface area contributed by atoms with Crippen molar-refractivity contribution >= 4 is 0 Å². The van der Waals surface area contributed by atoms with Crippen LogP contribution in [0.25, 0.3) is 0 Å². The molecule has 7 heteroatoms. The lowest BCUT2D eigenvalue weighted by atomic mass is 10.2. The molecule has 0 fully saturated rings. The van der Waals surface area contributed by atoms with Crippen molar-refractivity contribution in [3.8, 4) is 0 Å². The molecular formula is C10H9F3N2O2. The third-order valence-corrected chi connectivity index (χ3v) is 2.23. The fraction of sp³-hybridized carbons (Fsp3) is 0.300. The van der Waals surface area contributed by atoms with E-state index in [-0.39, 0.29) is 12.1 Å². The van der Waals surface area contributed by atoms with Gasteiger partial charge in [0.1, 0.15) is 0 Å². The zero-order valence-corrected chi connectivity index (χ0v) is 8.55. The quantitative estimate of drug-likeness (QED) is 0.902. The summed E-state index contributed by atoms with van der Waals surface area (Å²) in [5.74, 6) is 0.522. The molecule has 92 valence electrons. The predicted octanol–water partition coefficient (Wildman–Crippen LogP) is 2.12. The molecule has 2 rings (SSSR count). The van der Waals surface area contributed by atoms with Gasteiger partial charge >= 0.3 is 6.18 Å². The number of aliphatic hydroxyl groups excluding tert-OH is 1. The second-order valence-corrected chi connectivity index (χ2v) is 3.54. The van der Waals surface area contributed by atoms with Crippen LogP contribution in [-0.4, -0.2) is 21.0 Å². The van der Waals surface area contributed by atoms with Gasteiger partial charge in [-0.2, -0.15) is 13.2 Å². The second-order valence-electron chi connectivity index (χ2n) is 3.54. The fourth-order valence-electron chi connectivity index (χ4n) is 1.41. The molecule has 1 atom stereocenters. The average Bonchev–Trinajstić information content (AvgIpc) is 2.87. The van der Waals surface area contributed by atoms with Crippen molar-refractivity contribution in [3.05, 3.63) is 42.0 Å². The second kappa shape index (κ2) is 4.25. The van der Waals surface area contributed by atoms with E-state index in [1.54, 1.807) is 6.07 Å². The molecule has 2 aromatic rings. The van der Waals surface area contributed by atoms with Crippen molar-refractivity contribution in [1.82, 2.24) is 9.72 Å². The minimum atomic E-state index is -4.65. The summed E-state index contributed by atoms with van der Waals surface area (Å²) in [4.78, 5) is 0. The maximum atomic E-state index is 12.2. The van der Waals surface area contributed by atoms with Gasteiger partial charge in [0.05, 0.1) is 12.7 Å². The summed E-state index contributed by atoms with van der Waals surface area (Å²) >= 11 is 0. The summed E-state index contributed by atoms with van der Waals surface area (Å²) in [7, 11) is 0. The highest BCUT2D eigenvalue weighted by Crippen LogP contribution is 2.32. The third-order valence-electron chi connectivity index (χ3n) is 2.23. The van der Waals surface area contributed by atoms with Crippen molar-refractivity contribution < 1.29 is 22.8 Å². The first-order valence-electron chi connectivity index (χ1n) is 4.77. The Bertz CT molecular complexity index is 476. The molecule has 4 nitrogen and oxygen atoms in total. The summed E-state index contributed by atoms with van der Waals surface area (Å²) in [6.07, 6.45) is -3.01. The third kappa shape index (κ3) is 2.68. The lowest BCUT2D eigenvalue weighted by Crippen LogP contribution is -2.19. The number of halogens is 3. The highest BCUT2D eigenvalue weighted by molar-refractivity contribution is 5.16. The Morgan fingerprint density at radius 3 is 2.76 bits per heavy atom. The van der Waals surface area contributed by atoms with Crippen LogP contribution in [0, 0.1) is 0 Å². The molecule has 0 aliphatic heterocycles. The summed E-state index contributed by atoms with van der Waals surface area (Å²) in [5, 5.41) is 12.5. The van der Waals surface area contributed by atoms with Gasteiger partial charge in [-0.1, -0.05) is 5.16 Å². The number of aliphatic hydroxyl groups is 1. The first-order chi connectivity index (χ1) is 7.97. The largest absolute Gasteiger partial charge is 0.418 e. The molecule has 2 heterocycles. The molecular weight excluding hydrogens is 237 g/mol. The molecule has 0 saturated heterocycles. The summed E-state index contributed by atoms with van der Waals surface area (Å²) in [6.45, 7) is 0.268. The van der Waals surface area contributed by atoms with Gasteiger partial charge in [-0.3, -0.25) is 0 Å². The Hall–Kier alpha value is -1.76. The number of nitrogens with zero attached hydrogens (tertiary/aromatic N) is 2. The maximum absolute atomic E-state index is 12.2. The summed E-state index contributed by atoms with van der Waals surface area (Å²) < 4.78 is 43.0. The standard InChI is InChI=1S/C10H9F3N2O2/c11-10(12,13)9(16)7-2-4-15(5-7)6-8-1-3-14-17-8/h1-5,9,16H,6H2. The van der Waals surface area contributed by atoms with Crippen LogP contribution >= 0.6 is 0 Å². The van der Waals surface area contributed by atoms with Crippen LogP contribution in [0.2, 0.25) is 0 Å². The topological polar surface area (TPSA) is 51.2 Å². The van der Waals surface area contributed by atoms with Crippen LogP contribution in [0.5, 0.6) is 0 Å². The predicted molar refractivity (Wildman–Crippen MR) is 51.1 cm³/mol. The molecule has 17 heavy (non-hydrogen) atoms. The smallest absolute Gasteiger partial charge is 0.379 e. The molecule has 0 radical (unpaired) electrons. The normalized spacial score (nSPS) is 13.9. The minimum absolute atomic E-state index is 0.197. The van der Waals surface area contributed by atoms with Crippen LogP contribution in [0.15, 0.2) is 35.2 Å². The van der Waals surface area contributed by atoms with Crippen LogP contribution in [0.1, 0.15) is 17.4 Å². The van der Waals surface area contributed by atoms with Crippen LogP contribution in [0.4, 0.5) is 13.2 Å². The van der Waals surface area contributed by atoms with E-state index in [0.29, 0.717) is 5.76 Å². The van der Waals surface area contributed by atoms with Gasteiger partial charge in [-0.05, 0) is 6.07 Å². The average molecular weight is 246 g/mol. The highest BCUT2D eigenvalue weighted by Gasteiger charge is 2.39. The summed E-state index contributed by atoms with van der Waals surface area (Å²) in [5.41, 5.74) is -0.197. The van der Waals surface area contributed by atoms with Gasteiger partial charge in [0, 0.05) is 24.0 Å². The molecule has 0 amide bonds. The Kier molecular flexibility index (Phi) is 2.93. The van der Waals surface area contributed by atoms with E-state index in [4.69, 9.17) is 9.63 Å². The minimum Gasteiger partial charge on any atom is -0.379 e. The van der Waals surface area contributed by atoms with Crippen molar-refractivity contribution in [2.75, 3.05) is 0 Å². The van der Waals surface area contributed by atoms with E-state index < -0.39 is 12.3 Å². The zero-order valence-electron chi connectivity index (χ0n) is 8.55. The van der Waals surface area contributed by atoms with E-state index in [9.17, 15) is 13.2 Å². The number of hydrogen-bond donors (Lipinski definition) is 1. The molecule has 0 aliphatic carbocycles. The number of alkyl halides is 3. The van der Waals surface area contributed by atoms with Gasteiger partial charge < -0.3 is 14.2 Å². The van der Waals surface area contributed by atoms with E-state index in [0.717, 1.165) is 0 Å². The molecule has 1 N–H and O–H groups in total. The first-order valence-corrected chi connectivity index (χ1v) is 4.77. The van der Waals surface area contributed by atoms with E-state index >= 15 is 0 Å². The number of rotatable bonds is 3. The molecule has 0 aromatic carbocycles. The number of hydrogen-bond acceptors (Lipinski definition) is 3. The van der Waals surface area contributed by atoms with Gasteiger partial charge in [0.25, 0.3) is 0 Å². The lowest BCUT2D eigenvalue weighted by molar-refractivity contribution is -0.206. The molecule has 0 saturated carbocycles. The Labute approximate surface area is 94.3 Å². The van der Waals surface area contributed by atoms with Gasteiger partial charge in [-0.25, -0.2) is 0 Å².